The molecule has 1 N–H and O–H groups in total. The van der Waals surface area contributed by atoms with Gasteiger partial charge in [0.05, 0.1) is 0 Å². The quantitative estimate of drug-likeness (QED) is 0.920. The second-order valence-electron chi connectivity index (χ2n) is 6.02. The van der Waals surface area contributed by atoms with Gasteiger partial charge in [-0.2, -0.15) is 0 Å². The van der Waals surface area contributed by atoms with Crippen LogP contribution in [0, 0.1) is 13.8 Å². The summed E-state index contributed by atoms with van der Waals surface area (Å²) >= 11 is 0. The van der Waals surface area contributed by atoms with Crippen molar-refractivity contribution < 1.29 is 0 Å². The molecule has 2 nitrogen and oxygen atoms in total. The molecule has 0 heterocycles. The molecule has 0 fully saturated rings. The molecule has 0 spiro atoms. The summed E-state index contributed by atoms with van der Waals surface area (Å²) in [6, 6.07) is 15.5. The molecule has 2 aromatic carbocycles. The Balaban J connectivity index is 0.000000745. The zero-order valence-electron chi connectivity index (χ0n) is 14.9. The maximum Gasteiger partial charge on any atom is 0.00157 e. The van der Waals surface area contributed by atoms with Crippen LogP contribution in [0.5, 0.6) is 0 Å². The molecule has 2 aromatic rings. The molecule has 0 unspecified atom stereocenters. The highest BCUT2D eigenvalue weighted by Crippen LogP contribution is 2.27. The molecule has 2 heteroatoms. The van der Waals surface area contributed by atoms with Crippen molar-refractivity contribution >= 4 is 0 Å². The van der Waals surface area contributed by atoms with Crippen LogP contribution in [0.4, 0.5) is 0 Å². The summed E-state index contributed by atoms with van der Waals surface area (Å²) in [5, 5.41) is 2.75. The number of nitrogens with zero attached hydrogens (tertiary/aromatic N) is 1. The van der Waals surface area contributed by atoms with E-state index < -0.39 is 0 Å². The van der Waals surface area contributed by atoms with E-state index in [0.29, 0.717) is 0 Å². The van der Waals surface area contributed by atoms with Gasteiger partial charge in [0.15, 0.2) is 0 Å². The Labute approximate surface area is 136 Å². The van der Waals surface area contributed by atoms with Gasteiger partial charge in [0.1, 0.15) is 0 Å². The van der Waals surface area contributed by atoms with E-state index in [-0.39, 0.29) is 0 Å². The van der Waals surface area contributed by atoms with Gasteiger partial charge in [-0.3, -0.25) is 0 Å². The highest BCUT2D eigenvalue weighted by atomic mass is 15.0. The molecule has 0 atom stereocenters. The van der Waals surface area contributed by atoms with Crippen LogP contribution >= 0.6 is 0 Å². The minimum Gasteiger partial charge on any atom is -0.323 e. The normalized spacial score (nSPS) is 10.3. The zero-order chi connectivity index (χ0) is 16.5. The van der Waals surface area contributed by atoms with Crippen molar-refractivity contribution in [1.29, 1.82) is 0 Å². The summed E-state index contributed by atoms with van der Waals surface area (Å²) in [5.41, 5.74) is 6.84. The number of likely N-dealkylation sites (N-methyl/N-ethyl adjacent to an activating group) is 1. The zero-order valence-corrected chi connectivity index (χ0v) is 14.9. The topological polar surface area (TPSA) is 15.3 Å². The van der Waals surface area contributed by atoms with Gasteiger partial charge < -0.3 is 10.2 Å². The first kappa shape index (κ1) is 18.4. The van der Waals surface area contributed by atoms with Crippen molar-refractivity contribution in [3.63, 3.8) is 0 Å². The average Bonchev–Trinajstić information content (AvgIpc) is 2.46. The van der Waals surface area contributed by atoms with E-state index in [1.165, 1.54) is 27.8 Å². The number of hydrogen-bond acceptors (Lipinski definition) is 2. The number of rotatable bonds is 4. The number of hydrogen-bond donors (Lipinski definition) is 1. The number of nitrogens with one attached hydrogen (secondary N) is 1. The van der Waals surface area contributed by atoms with E-state index in [1.54, 1.807) is 0 Å². The molecule has 0 aliphatic carbocycles. The minimum atomic E-state index is 1.09. The van der Waals surface area contributed by atoms with Crippen LogP contribution in [0.25, 0.3) is 11.1 Å². The number of benzene rings is 2. The summed E-state index contributed by atoms with van der Waals surface area (Å²) in [7, 11) is 7.99. The van der Waals surface area contributed by atoms with Gasteiger partial charge in [0.2, 0.25) is 0 Å². The van der Waals surface area contributed by atoms with E-state index in [1.807, 2.05) is 14.1 Å². The first-order valence-corrected chi connectivity index (χ1v) is 7.88. The average molecular weight is 298 g/mol. The minimum absolute atomic E-state index is 1.09. The predicted octanol–water partition coefficient (Wildman–Crippen LogP) is 3.91. The van der Waals surface area contributed by atoms with Crippen molar-refractivity contribution in [1.82, 2.24) is 10.2 Å². The fraction of sp³-hybridized carbons (Fsp3) is 0.400. The Morgan fingerprint density at radius 3 is 2.00 bits per heavy atom. The van der Waals surface area contributed by atoms with E-state index in [9.17, 15) is 0 Å². The molecule has 120 valence electrons. The van der Waals surface area contributed by atoms with Gasteiger partial charge in [0.25, 0.3) is 0 Å². The van der Waals surface area contributed by atoms with Crippen molar-refractivity contribution in [2.24, 2.45) is 0 Å². The molecule has 0 aliphatic heterocycles. The van der Waals surface area contributed by atoms with Crippen molar-refractivity contribution in [3.05, 3.63) is 59.2 Å². The van der Waals surface area contributed by atoms with Crippen LogP contribution < -0.4 is 5.32 Å². The monoisotopic (exact) mass is 298 g/mol. The molecular formula is C20H30N2. The smallest absolute Gasteiger partial charge is 0.00157 e. The second-order valence-corrected chi connectivity index (χ2v) is 6.02. The summed E-state index contributed by atoms with van der Waals surface area (Å²) in [5.74, 6) is 0. The Morgan fingerprint density at radius 2 is 1.45 bits per heavy atom. The Hall–Kier alpha value is -1.64. The van der Waals surface area contributed by atoms with Gasteiger partial charge in [-0.1, -0.05) is 42.5 Å². The Kier molecular flexibility index (Phi) is 7.86. The van der Waals surface area contributed by atoms with Crippen molar-refractivity contribution in [2.75, 3.05) is 34.7 Å². The van der Waals surface area contributed by atoms with Crippen LogP contribution in [0.1, 0.15) is 16.7 Å². The molecule has 0 saturated heterocycles. The number of aryl methyl sites for hydroxylation is 2. The SMILES string of the molecule is CNC.Cc1cccc(C)c1-c1cccc(CCN(C)C)c1. The van der Waals surface area contributed by atoms with Gasteiger partial charge in [-0.25, -0.2) is 0 Å². The molecule has 0 aliphatic rings. The van der Waals surface area contributed by atoms with Crippen molar-refractivity contribution in [2.45, 2.75) is 20.3 Å². The van der Waals surface area contributed by atoms with Crippen LogP contribution in [-0.4, -0.2) is 39.6 Å². The molecule has 0 bridgehead atoms. The Bertz CT molecular complexity index is 553. The molecule has 0 aromatic heterocycles. The lowest BCUT2D eigenvalue weighted by Gasteiger charge is -2.13. The van der Waals surface area contributed by atoms with E-state index >= 15 is 0 Å². The lowest BCUT2D eigenvalue weighted by Crippen LogP contribution is -2.15. The van der Waals surface area contributed by atoms with Crippen LogP contribution in [-0.2, 0) is 6.42 Å². The largest absolute Gasteiger partial charge is 0.323 e. The maximum absolute atomic E-state index is 2.75. The van der Waals surface area contributed by atoms with Crippen LogP contribution in [0.15, 0.2) is 42.5 Å². The van der Waals surface area contributed by atoms with Crippen LogP contribution in [0.3, 0.4) is 0 Å². The highest BCUT2D eigenvalue weighted by molar-refractivity contribution is 5.71. The third-order valence-electron chi connectivity index (χ3n) is 3.54. The van der Waals surface area contributed by atoms with Gasteiger partial charge in [0, 0.05) is 6.54 Å². The third-order valence-corrected chi connectivity index (χ3v) is 3.54. The lowest BCUT2D eigenvalue weighted by molar-refractivity contribution is 0.413. The predicted molar refractivity (Wildman–Crippen MR) is 98.6 cm³/mol. The first-order valence-electron chi connectivity index (χ1n) is 7.88. The fourth-order valence-corrected chi connectivity index (χ4v) is 2.50. The molecule has 0 amide bonds. The first-order chi connectivity index (χ1) is 10.5. The lowest BCUT2D eigenvalue weighted by atomic mass is 9.94. The second kappa shape index (κ2) is 9.39. The van der Waals surface area contributed by atoms with Gasteiger partial charge in [-0.05, 0) is 76.3 Å². The Morgan fingerprint density at radius 1 is 0.909 bits per heavy atom. The van der Waals surface area contributed by atoms with Gasteiger partial charge in [-0.15, -0.1) is 0 Å². The molecular weight excluding hydrogens is 268 g/mol. The molecule has 2 rings (SSSR count). The summed E-state index contributed by atoms with van der Waals surface area (Å²) < 4.78 is 0. The third kappa shape index (κ3) is 5.63. The van der Waals surface area contributed by atoms with E-state index in [2.05, 4.69) is 80.6 Å². The fourth-order valence-electron chi connectivity index (χ4n) is 2.50. The van der Waals surface area contributed by atoms with Gasteiger partial charge >= 0.3 is 0 Å². The van der Waals surface area contributed by atoms with Crippen molar-refractivity contribution in [3.8, 4) is 11.1 Å². The van der Waals surface area contributed by atoms with E-state index in [0.717, 1.165) is 13.0 Å². The van der Waals surface area contributed by atoms with E-state index in [4.69, 9.17) is 0 Å². The summed E-state index contributed by atoms with van der Waals surface area (Å²) in [4.78, 5) is 2.23. The summed E-state index contributed by atoms with van der Waals surface area (Å²) in [6.45, 7) is 5.47. The maximum atomic E-state index is 2.75. The molecule has 0 saturated carbocycles. The summed E-state index contributed by atoms with van der Waals surface area (Å²) in [6.07, 6.45) is 1.10. The standard InChI is InChI=1S/C18H23N.C2H7N/c1-14-7-5-8-15(2)18(14)17-10-6-9-16(13-17)11-12-19(3)4;1-3-2/h5-10,13H,11-12H2,1-4H3;3H,1-2H3. The highest BCUT2D eigenvalue weighted by Gasteiger charge is 2.06. The van der Waals surface area contributed by atoms with Crippen LogP contribution in [0.2, 0.25) is 0 Å². The molecule has 22 heavy (non-hydrogen) atoms. The molecule has 0 radical (unpaired) electrons.